The monoisotopic (exact) mass is 213 g/mol. The zero-order valence-electron chi connectivity index (χ0n) is 7.24. The molecule has 0 spiro atoms. The largest absolute Gasteiger partial charge is 0.477 e. The van der Waals surface area contributed by atoms with Crippen LogP contribution in [0.15, 0.2) is 6.07 Å². The average Bonchev–Trinajstić information content (AvgIpc) is 2.17. The summed E-state index contributed by atoms with van der Waals surface area (Å²) in [6.45, 7) is 0. The molecule has 0 aliphatic carbocycles. The van der Waals surface area contributed by atoms with Gasteiger partial charge in [0.25, 0.3) is 6.43 Å². The number of rotatable bonds is 2. The fourth-order valence-corrected chi connectivity index (χ4v) is 0.943. The Balaban J connectivity index is 3.47. The summed E-state index contributed by atoms with van der Waals surface area (Å²) in [6.07, 6.45) is -3.02. The van der Waals surface area contributed by atoms with Crippen molar-refractivity contribution in [1.29, 1.82) is 5.26 Å². The number of carbonyl (C=O) groups is 1. The first-order valence-electron chi connectivity index (χ1n) is 3.69. The predicted octanol–water partition coefficient (Wildman–Crippen LogP) is 1.17. The van der Waals surface area contributed by atoms with Crippen molar-refractivity contribution in [3.63, 3.8) is 0 Å². The van der Waals surface area contributed by atoms with Gasteiger partial charge in [-0.05, 0) is 6.07 Å². The summed E-state index contributed by atoms with van der Waals surface area (Å²) in [5.74, 6) is -1.49. The third kappa shape index (κ3) is 1.99. The van der Waals surface area contributed by atoms with Gasteiger partial charge in [-0.3, -0.25) is 0 Å². The van der Waals surface area contributed by atoms with E-state index in [9.17, 15) is 13.6 Å². The van der Waals surface area contributed by atoms with Gasteiger partial charge in [0.05, 0.1) is 11.3 Å². The lowest BCUT2D eigenvalue weighted by molar-refractivity contribution is 0.0689. The first-order valence-corrected chi connectivity index (χ1v) is 3.69. The zero-order chi connectivity index (χ0) is 11.6. The summed E-state index contributed by atoms with van der Waals surface area (Å²) in [4.78, 5) is 13.7. The number of alkyl halides is 2. The van der Waals surface area contributed by atoms with Gasteiger partial charge in [0.2, 0.25) is 0 Å². The highest BCUT2D eigenvalue weighted by Crippen LogP contribution is 2.26. The number of aromatic nitrogens is 1. The number of nitrogen functional groups attached to an aromatic ring is 1. The van der Waals surface area contributed by atoms with E-state index in [4.69, 9.17) is 16.1 Å². The van der Waals surface area contributed by atoms with Gasteiger partial charge in [-0.25, -0.2) is 18.6 Å². The van der Waals surface area contributed by atoms with Crippen LogP contribution in [0.2, 0.25) is 0 Å². The van der Waals surface area contributed by atoms with E-state index in [1.807, 2.05) is 0 Å². The van der Waals surface area contributed by atoms with Crippen molar-refractivity contribution in [3.05, 3.63) is 23.0 Å². The van der Waals surface area contributed by atoms with Crippen LogP contribution >= 0.6 is 0 Å². The van der Waals surface area contributed by atoms with Gasteiger partial charge in [-0.15, -0.1) is 0 Å². The molecule has 0 saturated heterocycles. The summed E-state index contributed by atoms with van der Waals surface area (Å²) in [5, 5.41) is 17.1. The van der Waals surface area contributed by atoms with Crippen molar-refractivity contribution in [1.82, 2.24) is 4.98 Å². The molecular weight excluding hydrogens is 208 g/mol. The predicted molar refractivity (Wildman–Crippen MR) is 45.3 cm³/mol. The number of anilines is 1. The highest BCUT2D eigenvalue weighted by Gasteiger charge is 2.20. The van der Waals surface area contributed by atoms with Crippen LogP contribution in [0.5, 0.6) is 0 Å². The maximum Gasteiger partial charge on any atom is 0.354 e. The molecule has 0 aromatic carbocycles. The Hall–Kier alpha value is -2.23. The van der Waals surface area contributed by atoms with E-state index >= 15 is 0 Å². The first-order chi connectivity index (χ1) is 6.97. The van der Waals surface area contributed by atoms with Crippen LogP contribution in [0.1, 0.15) is 28.2 Å². The van der Waals surface area contributed by atoms with E-state index in [0.29, 0.717) is 0 Å². The quantitative estimate of drug-likeness (QED) is 0.767. The van der Waals surface area contributed by atoms with Crippen LogP contribution in [0, 0.1) is 11.3 Å². The normalized spacial score (nSPS) is 10.0. The number of nitrogens with zero attached hydrogens (tertiary/aromatic N) is 2. The molecule has 1 aromatic heterocycles. The highest BCUT2D eigenvalue weighted by atomic mass is 19.3. The number of hydrogen-bond donors (Lipinski definition) is 2. The van der Waals surface area contributed by atoms with Crippen LogP contribution in [0.25, 0.3) is 0 Å². The molecule has 0 aliphatic rings. The minimum atomic E-state index is -3.02. The van der Waals surface area contributed by atoms with Crippen molar-refractivity contribution in [2.75, 3.05) is 5.73 Å². The van der Waals surface area contributed by atoms with Gasteiger partial charge in [0.1, 0.15) is 17.5 Å². The molecule has 7 heteroatoms. The third-order valence-electron chi connectivity index (χ3n) is 1.63. The highest BCUT2D eigenvalue weighted by molar-refractivity contribution is 5.86. The minimum absolute atomic E-state index is 0.322. The molecule has 5 nitrogen and oxygen atoms in total. The van der Waals surface area contributed by atoms with Crippen LogP contribution in [-0.2, 0) is 0 Å². The van der Waals surface area contributed by atoms with Gasteiger partial charge < -0.3 is 10.8 Å². The Morgan fingerprint density at radius 2 is 2.27 bits per heavy atom. The SMILES string of the molecule is N#Cc1cc(C(=O)O)nc(C(F)F)c1N. The Kier molecular flexibility index (Phi) is 2.80. The molecule has 1 heterocycles. The molecule has 1 rings (SSSR count). The van der Waals surface area contributed by atoms with Crippen molar-refractivity contribution in [3.8, 4) is 6.07 Å². The number of aromatic carboxylic acids is 1. The number of pyridine rings is 1. The first kappa shape index (κ1) is 10.8. The Morgan fingerprint density at radius 3 is 2.67 bits per heavy atom. The van der Waals surface area contributed by atoms with Crippen molar-refractivity contribution in [2.24, 2.45) is 0 Å². The van der Waals surface area contributed by atoms with E-state index < -0.39 is 29.5 Å². The standard InChI is InChI=1S/C8H5F2N3O2/c9-7(10)6-5(12)3(2-11)1-4(13-6)8(14)15/h1,7H,12H2,(H,14,15). The second kappa shape index (κ2) is 3.88. The van der Waals surface area contributed by atoms with Crippen molar-refractivity contribution < 1.29 is 18.7 Å². The lowest BCUT2D eigenvalue weighted by Crippen LogP contribution is -2.08. The topological polar surface area (TPSA) is 100 Å². The van der Waals surface area contributed by atoms with Crippen molar-refractivity contribution in [2.45, 2.75) is 6.43 Å². The van der Waals surface area contributed by atoms with Crippen LogP contribution in [0.4, 0.5) is 14.5 Å². The second-order valence-corrected chi connectivity index (χ2v) is 2.57. The van der Waals surface area contributed by atoms with Gasteiger partial charge >= 0.3 is 5.97 Å². The van der Waals surface area contributed by atoms with Gasteiger partial charge in [-0.2, -0.15) is 5.26 Å². The van der Waals surface area contributed by atoms with E-state index in [2.05, 4.69) is 4.98 Å². The third-order valence-corrected chi connectivity index (χ3v) is 1.63. The van der Waals surface area contributed by atoms with Crippen LogP contribution < -0.4 is 5.73 Å². The summed E-state index contributed by atoms with van der Waals surface area (Å²) in [5.41, 5.74) is 2.88. The number of nitrogens with two attached hydrogens (primary N) is 1. The number of carboxylic acid groups (broad SMARTS) is 1. The summed E-state index contributed by atoms with van der Waals surface area (Å²) in [6, 6.07) is 2.37. The van der Waals surface area contributed by atoms with E-state index in [1.165, 1.54) is 6.07 Å². The molecule has 78 valence electrons. The Labute approximate surface area is 82.8 Å². The lowest BCUT2D eigenvalue weighted by Gasteiger charge is -2.06. The maximum atomic E-state index is 12.3. The fraction of sp³-hybridized carbons (Fsp3) is 0.125. The molecule has 0 atom stereocenters. The number of halogens is 2. The molecule has 0 aliphatic heterocycles. The number of carboxylic acids is 1. The summed E-state index contributed by atoms with van der Waals surface area (Å²) in [7, 11) is 0. The van der Waals surface area contributed by atoms with Gasteiger partial charge in [0.15, 0.2) is 0 Å². The molecular formula is C8H5F2N3O2. The number of nitriles is 1. The van der Waals surface area contributed by atoms with Crippen LogP contribution in [-0.4, -0.2) is 16.1 Å². The van der Waals surface area contributed by atoms with Gasteiger partial charge in [0, 0.05) is 0 Å². The molecule has 0 fully saturated rings. The lowest BCUT2D eigenvalue weighted by atomic mass is 10.1. The molecule has 0 saturated carbocycles. The van der Waals surface area contributed by atoms with Crippen LogP contribution in [0.3, 0.4) is 0 Å². The van der Waals surface area contributed by atoms with E-state index in [0.717, 1.165) is 6.07 Å². The molecule has 0 amide bonds. The minimum Gasteiger partial charge on any atom is -0.477 e. The molecule has 0 bridgehead atoms. The van der Waals surface area contributed by atoms with Gasteiger partial charge in [-0.1, -0.05) is 0 Å². The molecule has 15 heavy (non-hydrogen) atoms. The van der Waals surface area contributed by atoms with Crippen molar-refractivity contribution >= 4 is 11.7 Å². The number of hydrogen-bond acceptors (Lipinski definition) is 4. The summed E-state index contributed by atoms with van der Waals surface area (Å²) >= 11 is 0. The molecule has 0 unspecified atom stereocenters. The smallest absolute Gasteiger partial charge is 0.354 e. The maximum absolute atomic E-state index is 12.3. The zero-order valence-corrected chi connectivity index (χ0v) is 7.24. The fourth-order valence-electron chi connectivity index (χ4n) is 0.943. The average molecular weight is 213 g/mol. The van der Waals surface area contributed by atoms with E-state index in [-0.39, 0.29) is 5.56 Å². The molecule has 0 radical (unpaired) electrons. The summed E-state index contributed by atoms with van der Waals surface area (Å²) < 4.78 is 24.7. The Morgan fingerprint density at radius 1 is 1.67 bits per heavy atom. The molecule has 3 N–H and O–H groups in total. The van der Waals surface area contributed by atoms with E-state index in [1.54, 1.807) is 0 Å². The Bertz CT molecular complexity index is 454. The molecule has 1 aromatic rings. The second-order valence-electron chi connectivity index (χ2n) is 2.57.